The quantitative estimate of drug-likeness (QED) is 0.882. The topological polar surface area (TPSA) is 58.0 Å². The van der Waals surface area contributed by atoms with Gasteiger partial charge in [-0.2, -0.15) is 0 Å². The third kappa shape index (κ3) is 2.58. The Labute approximate surface area is 117 Å². The molecule has 0 spiro atoms. The molecule has 0 unspecified atom stereocenters. The van der Waals surface area contributed by atoms with Crippen molar-refractivity contribution in [3.63, 3.8) is 0 Å². The molecular formula is C14H21N3OS. The van der Waals surface area contributed by atoms with E-state index in [2.05, 4.69) is 41.4 Å². The van der Waals surface area contributed by atoms with Crippen molar-refractivity contribution in [1.82, 2.24) is 9.97 Å². The van der Waals surface area contributed by atoms with Crippen molar-refractivity contribution >= 4 is 27.4 Å². The first-order valence-electron chi connectivity index (χ1n) is 6.66. The highest BCUT2D eigenvalue weighted by atomic mass is 32.1. The highest BCUT2D eigenvalue weighted by molar-refractivity contribution is 7.17. The molecule has 0 saturated heterocycles. The zero-order valence-electron chi connectivity index (χ0n) is 11.9. The van der Waals surface area contributed by atoms with Crippen LogP contribution >= 0.6 is 11.3 Å². The molecule has 2 heterocycles. The van der Waals surface area contributed by atoms with Gasteiger partial charge in [0, 0.05) is 0 Å². The van der Waals surface area contributed by atoms with Gasteiger partial charge in [0.15, 0.2) is 0 Å². The molecule has 104 valence electrons. The summed E-state index contributed by atoms with van der Waals surface area (Å²) < 4.78 is 0. The number of anilines is 1. The average molecular weight is 279 g/mol. The van der Waals surface area contributed by atoms with Gasteiger partial charge in [-0.25, -0.2) is 9.97 Å². The maximum absolute atomic E-state index is 9.70. The first-order valence-corrected chi connectivity index (χ1v) is 7.54. The lowest BCUT2D eigenvalue weighted by Gasteiger charge is -2.31. The number of aryl methyl sites for hydroxylation is 2. The number of fused-ring (bicyclic) bond motifs is 1. The van der Waals surface area contributed by atoms with Crippen molar-refractivity contribution in [1.29, 1.82) is 0 Å². The summed E-state index contributed by atoms with van der Waals surface area (Å²) in [6.45, 7) is 8.24. The molecule has 4 nitrogen and oxygen atoms in total. The smallest absolute Gasteiger partial charge is 0.139 e. The number of hydrogen-bond donors (Lipinski definition) is 2. The Kier molecular flexibility index (Phi) is 4.06. The van der Waals surface area contributed by atoms with Crippen LogP contribution in [0.5, 0.6) is 0 Å². The summed E-state index contributed by atoms with van der Waals surface area (Å²) in [5.41, 5.74) is 0.879. The van der Waals surface area contributed by atoms with E-state index in [1.165, 1.54) is 5.56 Å². The van der Waals surface area contributed by atoms with Crippen molar-refractivity contribution in [2.45, 2.75) is 46.1 Å². The Morgan fingerprint density at radius 1 is 1.26 bits per heavy atom. The average Bonchev–Trinajstić information content (AvgIpc) is 2.77. The van der Waals surface area contributed by atoms with Crippen molar-refractivity contribution in [2.75, 3.05) is 11.9 Å². The number of nitrogens with zero attached hydrogens (tertiary/aromatic N) is 2. The normalized spacial score (nSPS) is 12.1. The van der Waals surface area contributed by atoms with Crippen molar-refractivity contribution in [3.8, 4) is 0 Å². The molecule has 0 amide bonds. The molecule has 0 fully saturated rings. The van der Waals surface area contributed by atoms with Crippen LogP contribution in [0.2, 0.25) is 0 Å². The van der Waals surface area contributed by atoms with Crippen molar-refractivity contribution in [3.05, 3.63) is 16.8 Å². The zero-order valence-corrected chi connectivity index (χ0v) is 12.8. The van der Waals surface area contributed by atoms with Gasteiger partial charge in [0.05, 0.1) is 17.5 Å². The van der Waals surface area contributed by atoms with Gasteiger partial charge in [-0.05, 0) is 37.6 Å². The fourth-order valence-electron chi connectivity index (χ4n) is 2.22. The number of nitrogens with one attached hydrogen (secondary N) is 1. The third-order valence-electron chi connectivity index (χ3n) is 3.77. The summed E-state index contributed by atoms with van der Waals surface area (Å²) in [5, 5.41) is 16.3. The minimum absolute atomic E-state index is 0.105. The van der Waals surface area contributed by atoms with E-state index in [9.17, 15) is 5.11 Å². The van der Waals surface area contributed by atoms with Gasteiger partial charge < -0.3 is 10.4 Å². The van der Waals surface area contributed by atoms with E-state index in [4.69, 9.17) is 0 Å². The highest BCUT2D eigenvalue weighted by Gasteiger charge is 2.26. The van der Waals surface area contributed by atoms with Crippen LogP contribution in [-0.2, 0) is 0 Å². The molecule has 19 heavy (non-hydrogen) atoms. The Morgan fingerprint density at radius 2 is 1.95 bits per heavy atom. The van der Waals surface area contributed by atoms with Crippen LogP contribution in [-0.4, -0.2) is 27.2 Å². The SMILES string of the molecule is CCC(CC)(CO)Nc1nc(C)nc2scc(C)c12. The Bertz CT molecular complexity index is 567. The molecule has 0 bridgehead atoms. The number of aromatic nitrogens is 2. The standard InChI is InChI=1S/C14H21N3OS/c1-5-14(6-2,8-18)17-12-11-9(3)7-19-13(11)16-10(4)15-12/h7,18H,5-6,8H2,1-4H3,(H,15,16,17). The van der Waals surface area contributed by atoms with E-state index in [-0.39, 0.29) is 12.1 Å². The van der Waals surface area contributed by atoms with Crippen LogP contribution in [0.3, 0.4) is 0 Å². The molecule has 5 heteroatoms. The molecule has 0 saturated carbocycles. The third-order valence-corrected chi connectivity index (χ3v) is 4.76. The van der Waals surface area contributed by atoms with E-state index in [0.717, 1.165) is 34.7 Å². The Morgan fingerprint density at radius 3 is 2.53 bits per heavy atom. The number of rotatable bonds is 5. The maximum Gasteiger partial charge on any atom is 0.139 e. The van der Waals surface area contributed by atoms with Gasteiger partial charge in [0.25, 0.3) is 0 Å². The number of aliphatic hydroxyl groups is 1. The second kappa shape index (κ2) is 5.43. The van der Waals surface area contributed by atoms with E-state index >= 15 is 0 Å². The van der Waals surface area contributed by atoms with E-state index in [1.807, 2.05) is 6.92 Å². The second-order valence-corrected chi connectivity index (χ2v) is 5.85. The van der Waals surface area contributed by atoms with Gasteiger partial charge in [-0.3, -0.25) is 0 Å². The zero-order chi connectivity index (χ0) is 14.0. The van der Waals surface area contributed by atoms with Crippen LogP contribution in [0, 0.1) is 13.8 Å². The molecule has 0 radical (unpaired) electrons. The molecule has 0 atom stereocenters. The second-order valence-electron chi connectivity index (χ2n) is 4.99. The minimum atomic E-state index is -0.303. The minimum Gasteiger partial charge on any atom is -0.394 e. The lowest BCUT2D eigenvalue weighted by atomic mass is 9.93. The molecule has 0 aliphatic carbocycles. The van der Waals surface area contributed by atoms with Crippen LogP contribution in [0.1, 0.15) is 38.1 Å². The Hall–Kier alpha value is -1.20. The van der Waals surface area contributed by atoms with Crippen LogP contribution in [0.15, 0.2) is 5.38 Å². The van der Waals surface area contributed by atoms with Crippen LogP contribution < -0.4 is 5.32 Å². The number of hydrogen-bond acceptors (Lipinski definition) is 5. The van der Waals surface area contributed by atoms with Gasteiger partial charge in [-0.1, -0.05) is 13.8 Å². The van der Waals surface area contributed by atoms with E-state index in [1.54, 1.807) is 11.3 Å². The molecular weight excluding hydrogens is 258 g/mol. The van der Waals surface area contributed by atoms with Crippen LogP contribution in [0.25, 0.3) is 10.2 Å². The summed E-state index contributed by atoms with van der Waals surface area (Å²) in [6, 6.07) is 0. The van der Waals surface area contributed by atoms with Crippen molar-refractivity contribution < 1.29 is 5.11 Å². The lowest BCUT2D eigenvalue weighted by Crippen LogP contribution is -2.41. The monoisotopic (exact) mass is 279 g/mol. The van der Waals surface area contributed by atoms with E-state index in [0.29, 0.717) is 0 Å². The predicted octanol–water partition coefficient (Wildman–Crippen LogP) is 3.27. The van der Waals surface area contributed by atoms with Crippen LogP contribution in [0.4, 0.5) is 5.82 Å². The molecule has 2 rings (SSSR count). The molecule has 0 aliphatic heterocycles. The first-order chi connectivity index (χ1) is 9.05. The summed E-state index contributed by atoms with van der Waals surface area (Å²) in [4.78, 5) is 10.0. The molecule has 2 aromatic heterocycles. The number of aliphatic hydroxyl groups excluding tert-OH is 1. The van der Waals surface area contributed by atoms with Gasteiger partial charge in [0.1, 0.15) is 16.5 Å². The largest absolute Gasteiger partial charge is 0.394 e. The molecule has 0 aliphatic rings. The summed E-state index contributed by atoms with van der Waals surface area (Å²) >= 11 is 1.64. The maximum atomic E-state index is 9.70. The van der Waals surface area contributed by atoms with E-state index < -0.39 is 0 Å². The Balaban J connectivity index is 2.52. The van der Waals surface area contributed by atoms with Gasteiger partial charge >= 0.3 is 0 Å². The molecule has 2 aromatic rings. The fourth-order valence-corrected chi connectivity index (χ4v) is 3.19. The van der Waals surface area contributed by atoms with Gasteiger partial charge in [-0.15, -0.1) is 11.3 Å². The molecule has 2 N–H and O–H groups in total. The van der Waals surface area contributed by atoms with Gasteiger partial charge in [0.2, 0.25) is 0 Å². The fraction of sp³-hybridized carbons (Fsp3) is 0.571. The lowest BCUT2D eigenvalue weighted by molar-refractivity contribution is 0.202. The summed E-state index contributed by atoms with van der Waals surface area (Å²) in [6.07, 6.45) is 1.71. The predicted molar refractivity (Wildman–Crippen MR) is 80.9 cm³/mol. The highest BCUT2D eigenvalue weighted by Crippen LogP contribution is 2.32. The first kappa shape index (κ1) is 14.2. The molecule has 0 aromatic carbocycles. The summed E-state index contributed by atoms with van der Waals surface area (Å²) in [5.74, 6) is 1.61. The number of thiophene rings is 1. The summed E-state index contributed by atoms with van der Waals surface area (Å²) in [7, 11) is 0. The van der Waals surface area contributed by atoms with Crippen molar-refractivity contribution in [2.24, 2.45) is 0 Å².